The molecule has 0 bridgehead atoms. The molecular formula is C20H24N2O4S. The standard InChI is InChI=1S/C20H24N2O4S/c1-13-5-4-6-18(15(13)3)21-20(23)12-26-19-10-9-17(11-14(19)2)27(24,25)22-16-7-8-16/h4-6,9-11,16,22H,7-8,12H2,1-3H3,(H,21,23). The molecule has 0 aromatic heterocycles. The Morgan fingerprint density at radius 1 is 1.11 bits per heavy atom. The third-order valence-electron chi connectivity index (χ3n) is 4.59. The number of nitrogens with one attached hydrogen (secondary N) is 2. The van der Waals surface area contributed by atoms with Gasteiger partial charge < -0.3 is 10.1 Å². The number of sulfonamides is 1. The zero-order chi connectivity index (χ0) is 19.6. The second kappa shape index (κ2) is 7.70. The summed E-state index contributed by atoms with van der Waals surface area (Å²) in [7, 11) is -3.50. The molecule has 144 valence electrons. The fourth-order valence-electron chi connectivity index (χ4n) is 2.66. The van der Waals surface area contributed by atoms with Gasteiger partial charge in [-0.2, -0.15) is 0 Å². The molecule has 2 aromatic carbocycles. The number of aryl methyl sites for hydroxylation is 2. The maximum Gasteiger partial charge on any atom is 0.262 e. The summed E-state index contributed by atoms with van der Waals surface area (Å²) < 4.78 is 32.7. The van der Waals surface area contributed by atoms with E-state index in [0.717, 1.165) is 29.7 Å². The highest BCUT2D eigenvalue weighted by molar-refractivity contribution is 7.89. The molecule has 1 aliphatic rings. The van der Waals surface area contributed by atoms with Gasteiger partial charge in [-0.1, -0.05) is 12.1 Å². The van der Waals surface area contributed by atoms with Gasteiger partial charge in [0.2, 0.25) is 10.0 Å². The topological polar surface area (TPSA) is 84.5 Å². The Hall–Kier alpha value is -2.38. The summed E-state index contributed by atoms with van der Waals surface area (Å²) in [5, 5.41) is 2.84. The number of hydrogen-bond acceptors (Lipinski definition) is 4. The molecule has 0 atom stereocenters. The Morgan fingerprint density at radius 3 is 2.52 bits per heavy atom. The minimum Gasteiger partial charge on any atom is -0.483 e. The van der Waals surface area contributed by atoms with Crippen molar-refractivity contribution in [2.24, 2.45) is 0 Å². The summed E-state index contributed by atoms with van der Waals surface area (Å²) in [6, 6.07) is 10.4. The molecule has 1 fully saturated rings. The second-order valence-corrected chi connectivity index (χ2v) is 8.62. The highest BCUT2D eigenvalue weighted by Crippen LogP contribution is 2.25. The normalized spacial score (nSPS) is 14.0. The van der Waals surface area contributed by atoms with E-state index in [1.807, 2.05) is 32.0 Å². The number of hydrogen-bond donors (Lipinski definition) is 2. The first-order valence-corrected chi connectivity index (χ1v) is 10.4. The van der Waals surface area contributed by atoms with E-state index in [2.05, 4.69) is 10.0 Å². The first-order valence-electron chi connectivity index (χ1n) is 8.88. The number of anilines is 1. The van der Waals surface area contributed by atoms with Gasteiger partial charge in [-0.3, -0.25) is 4.79 Å². The van der Waals surface area contributed by atoms with Gasteiger partial charge >= 0.3 is 0 Å². The van der Waals surface area contributed by atoms with Crippen LogP contribution in [0.4, 0.5) is 5.69 Å². The summed E-state index contributed by atoms with van der Waals surface area (Å²) in [5.41, 5.74) is 3.53. The summed E-state index contributed by atoms with van der Waals surface area (Å²) >= 11 is 0. The van der Waals surface area contributed by atoms with Crippen molar-refractivity contribution in [1.29, 1.82) is 0 Å². The third kappa shape index (κ3) is 4.87. The van der Waals surface area contributed by atoms with E-state index in [1.54, 1.807) is 19.1 Å². The van der Waals surface area contributed by atoms with Crippen molar-refractivity contribution in [1.82, 2.24) is 4.72 Å². The predicted molar refractivity (Wildman–Crippen MR) is 105 cm³/mol. The number of carbonyl (C=O) groups is 1. The molecule has 2 N–H and O–H groups in total. The Morgan fingerprint density at radius 2 is 1.85 bits per heavy atom. The van der Waals surface area contributed by atoms with Crippen LogP contribution < -0.4 is 14.8 Å². The van der Waals surface area contributed by atoms with Crippen LogP contribution in [0.15, 0.2) is 41.3 Å². The molecule has 0 aliphatic heterocycles. The molecule has 27 heavy (non-hydrogen) atoms. The summed E-state index contributed by atoms with van der Waals surface area (Å²) in [6.07, 6.45) is 1.77. The Bertz CT molecular complexity index is 966. The molecule has 1 saturated carbocycles. The quantitative estimate of drug-likeness (QED) is 0.763. The van der Waals surface area contributed by atoms with E-state index in [4.69, 9.17) is 4.74 Å². The van der Waals surface area contributed by atoms with Gasteiger partial charge in [0.05, 0.1) is 4.90 Å². The maximum absolute atomic E-state index is 12.3. The van der Waals surface area contributed by atoms with Crippen molar-refractivity contribution >= 4 is 21.6 Å². The molecule has 1 amide bonds. The Labute approximate surface area is 160 Å². The third-order valence-corrected chi connectivity index (χ3v) is 6.11. The van der Waals surface area contributed by atoms with Crippen molar-refractivity contribution in [3.05, 3.63) is 53.1 Å². The fourth-order valence-corrected chi connectivity index (χ4v) is 4.05. The molecule has 0 spiro atoms. The lowest BCUT2D eigenvalue weighted by Gasteiger charge is -2.13. The highest BCUT2D eigenvalue weighted by atomic mass is 32.2. The lowest BCUT2D eigenvalue weighted by Crippen LogP contribution is -2.25. The minimum atomic E-state index is -3.50. The largest absolute Gasteiger partial charge is 0.483 e. The molecule has 1 aliphatic carbocycles. The van der Waals surface area contributed by atoms with Crippen molar-refractivity contribution in [2.45, 2.75) is 44.6 Å². The van der Waals surface area contributed by atoms with Gasteiger partial charge in [0.25, 0.3) is 5.91 Å². The zero-order valence-electron chi connectivity index (χ0n) is 15.7. The molecule has 0 saturated heterocycles. The molecular weight excluding hydrogens is 364 g/mol. The van der Waals surface area contributed by atoms with Crippen molar-refractivity contribution in [3.63, 3.8) is 0 Å². The number of carbonyl (C=O) groups excluding carboxylic acids is 1. The predicted octanol–water partition coefficient (Wildman–Crippen LogP) is 3.07. The average Bonchev–Trinajstić information content (AvgIpc) is 3.41. The Kier molecular flexibility index (Phi) is 5.53. The molecule has 0 heterocycles. The average molecular weight is 388 g/mol. The van der Waals surface area contributed by atoms with Crippen LogP contribution in [0.25, 0.3) is 0 Å². The fraction of sp³-hybridized carbons (Fsp3) is 0.350. The molecule has 2 aromatic rings. The molecule has 6 nitrogen and oxygen atoms in total. The number of amides is 1. The van der Waals surface area contributed by atoms with E-state index in [-0.39, 0.29) is 23.5 Å². The molecule has 3 rings (SSSR count). The Balaban J connectivity index is 1.62. The van der Waals surface area contributed by atoms with Crippen LogP contribution in [0.5, 0.6) is 5.75 Å². The summed E-state index contributed by atoms with van der Waals surface area (Å²) in [6.45, 7) is 5.54. The van der Waals surface area contributed by atoms with Crippen molar-refractivity contribution < 1.29 is 17.9 Å². The van der Waals surface area contributed by atoms with E-state index >= 15 is 0 Å². The molecule has 7 heteroatoms. The molecule has 0 radical (unpaired) electrons. The van der Waals surface area contributed by atoms with Gasteiger partial charge in [0, 0.05) is 11.7 Å². The van der Waals surface area contributed by atoms with Crippen molar-refractivity contribution in [3.8, 4) is 5.75 Å². The second-order valence-electron chi connectivity index (χ2n) is 6.91. The van der Waals surface area contributed by atoms with Gasteiger partial charge in [-0.25, -0.2) is 13.1 Å². The van der Waals surface area contributed by atoms with Gasteiger partial charge in [0.15, 0.2) is 6.61 Å². The number of ether oxygens (including phenoxy) is 1. The molecule has 0 unspecified atom stereocenters. The van der Waals surface area contributed by atoms with Gasteiger partial charge in [-0.05, 0) is 74.6 Å². The van der Waals surface area contributed by atoms with Crippen molar-refractivity contribution in [2.75, 3.05) is 11.9 Å². The van der Waals surface area contributed by atoms with Crippen LogP contribution in [0.3, 0.4) is 0 Å². The van der Waals surface area contributed by atoms with Crippen LogP contribution in [-0.4, -0.2) is 27.0 Å². The van der Waals surface area contributed by atoms with Gasteiger partial charge in [0.1, 0.15) is 5.75 Å². The zero-order valence-corrected chi connectivity index (χ0v) is 16.5. The van der Waals surface area contributed by atoms with E-state index in [0.29, 0.717) is 11.3 Å². The monoisotopic (exact) mass is 388 g/mol. The summed E-state index contributed by atoms with van der Waals surface area (Å²) in [5.74, 6) is 0.215. The van der Waals surface area contributed by atoms with Crippen LogP contribution in [-0.2, 0) is 14.8 Å². The van der Waals surface area contributed by atoms with Crippen LogP contribution in [0.2, 0.25) is 0 Å². The summed E-state index contributed by atoms with van der Waals surface area (Å²) in [4.78, 5) is 12.4. The SMILES string of the molecule is Cc1cc(S(=O)(=O)NC2CC2)ccc1OCC(=O)Nc1cccc(C)c1C. The van der Waals surface area contributed by atoms with Crippen LogP contribution in [0, 0.1) is 20.8 Å². The van der Waals surface area contributed by atoms with E-state index in [1.165, 1.54) is 6.07 Å². The smallest absolute Gasteiger partial charge is 0.262 e. The lowest BCUT2D eigenvalue weighted by molar-refractivity contribution is -0.118. The lowest BCUT2D eigenvalue weighted by atomic mass is 10.1. The maximum atomic E-state index is 12.3. The van der Waals surface area contributed by atoms with E-state index in [9.17, 15) is 13.2 Å². The number of rotatable bonds is 7. The van der Waals surface area contributed by atoms with Crippen LogP contribution >= 0.6 is 0 Å². The first-order chi connectivity index (χ1) is 12.8. The minimum absolute atomic E-state index is 0.0556. The number of benzene rings is 2. The van der Waals surface area contributed by atoms with E-state index < -0.39 is 10.0 Å². The van der Waals surface area contributed by atoms with Crippen LogP contribution in [0.1, 0.15) is 29.5 Å². The first kappa shape index (κ1) is 19.4. The highest BCUT2D eigenvalue weighted by Gasteiger charge is 2.28. The van der Waals surface area contributed by atoms with Gasteiger partial charge in [-0.15, -0.1) is 0 Å².